The van der Waals surface area contributed by atoms with Crippen LogP contribution in [0.25, 0.3) is 0 Å². The maximum Gasteiger partial charge on any atom is 0.307 e. The van der Waals surface area contributed by atoms with Crippen molar-refractivity contribution in [3.05, 3.63) is 39.4 Å². The highest BCUT2D eigenvalue weighted by molar-refractivity contribution is 5.95. The van der Waals surface area contributed by atoms with Crippen LogP contribution in [0.4, 0.5) is 14.5 Å². The number of carbonyl (C=O) groups excluding carboxylic acids is 1. The molecule has 114 valence electrons. The number of nitrogens with zero attached hydrogens (tertiary/aromatic N) is 2. The Bertz CT molecular complexity index is 580. The van der Waals surface area contributed by atoms with Gasteiger partial charge in [-0.05, 0) is 32.5 Å². The monoisotopic (exact) mass is 299 g/mol. The van der Waals surface area contributed by atoms with Crippen LogP contribution >= 0.6 is 0 Å². The number of nitrogens with one attached hydrogen (secondary N) is 1. The van der Waals surface area contributed by atoms with E-state index in [1.54, 1.807) is 0 Å². The number of halogens is 2. The van der Waals surface area contributed by atoms with Crippen LogP contribution in [0.5, 0.6) is 0 Å². The molecule has 1 unspecified atom stereocenters. The first-order chi connectivity index (χ1) is 9.88. The van der Waals surface area contributed by atoms with Crippen molar-refractivity contribution in [2.24, 2.45) is 0 Å². The molecule has 1 heterocycles. The molecular formula is C13H15F2N3O3. The lowest BCUT2D eigenvalue weighted by molar-refractivity contribution is -0.387. The molecule has 1 aliphatic rings. The Morgan fingerprint density at radius 3 is 2.76 bits per heavy atom. The lowest BCUT2D eigenvalue weighted by Crippen LogP contribution is -2.46. The van der Waals surface area contributed by atoms with E-state index in [0.717, 1.165) is 19.4 Å². The highest BCUT2D eigenvalue weighted by atomic mass is 19.1. The summed E-state index contributed by atoms with van der Waals surface area (Å²) in [4.78, 5) is 23.5. The second-order valence-electron chi connectivity index (χ2n) is 5.12. The van der Waals surface area contributed by atoms with Crippen molar-refractivity contribution in [3.8, 4) is 0 Å². The molecule has 0 spiro atoms. The average molecular weight is 299 g/mol. The molecule has 1 amide bonds. The molecule has 1 atom stereocenters. The summed E-state index contributed by atoms with van der Waals surface area (Å²) >= 11 is 0. The van der Waals surface area contributed by atoms with Crippen LogP contribution < -0.4 is 5.32 Å². The third-order valence-corrected chi connectivity index (χ3v) is 3.44. The molecule has 0 saturated carbocycles. The topological polar surface area (TPSA) is 75.5 Å². The number of carbonyl (C=O) groups is 1. The number of likely N-dealkylation sites (N-methyl/N-ethyl adjacent to an activating group) is 1. The molecule has 1 aromatic rings. The van der Waals surface area contributed by atoms with Crippen LogP contribution in [0.1, 0.15) is 23.2 Å². The van der Waals surface area contributed by atoms with Crippen molar-refractivity contribution in [1.29, 1.82) is 0 Å². The summed E-state index contributed by atoms with van der Waals surface area (Å²) in [6.45, 7) is 1.55. The minimum atomic E-state index is -1.23. The number of nitro benzene ring substituents is 1. The molecule has 8 heteroatoms. The van der Waals surface area contributed by atoms with Gasteiger partial charge in [0.25, 0.3) is 5.91 Å². The average Bonchev–Trinajstić information content (AvgIpc) is 2.40. The summed E-state index contributed by atoms with van der Waals surface area (Å²) in [6, 6.07) is 0.848. The van der Waals surface area contributed by atoms with Gasteiger partial charge in [-0.15, -0.1) is 0 Å². The van der Waals surface area contributed by atoms with E-state index < -0.39 is 33.7 Å². The number of benzene rings is 1. The van der Waals surface area contributed by atoms with Crippen molar-refractivity contribution < 1.29 is 18.5 Å². The van der Waals surface area contributed by atoms with Crippen LogP contribution in [0.2, 0.25) is 0 Å². The molecule has 0 bridgehead atoms. The smallest absolute Gasteiger partial charge is 0.307 e. The van der Waals surface area contributed by atoms with Crippen LogP contribution in [0, 0.1) is 21.7 Å². The van der Waals surface area contributed by atoms with Gasteiger partial charge in [0, 0.05) is 12.6 Å². The van der Waals surface area contributed by atoms with Gasteiger partial charge in [0.05, 0.1) is 16.6 Å². The first-order valence-corrected chi connectivity index (χ1v) is 6.51. The van der Waals surface area contributed by atoms with Crippen LogP contribution in [0.3, 0.4) is 0 Å². The van der Waals surface area contributed by atoms with Crippen molar-refractivity contribution in [2.45, 2.75) is 18.9 Å². The second-order valence-corrected chi connectivity index (χ2v) is 5.12. The van der Waals surface area contributed by atoms with Crippen LogP contribution in [0.15, 0.2) is 12.1 Å². The van der Waals surface area contributed by atoms with Crippen LogP contribution in [-0.2, 0) is 0 Å². The van der Waals surface area contributed by atoms with Gasteiger partial charge in [-0.25, -0.2) is 4.39 Å². The molecule has 6 nitrogen and oxygen atoms in total. The van der Waals surface area contributed by atoms with Gasteiger partial charge in [-0.2, -0.15) is 4.39 Å². The lowest BCUT2D eigenvalue weighted by atomic mass is 10.1. The Labute approximate surface area is 119 Å². The van der Waals surface area contributed by atoms with Crippen LogP contribution in [-0.4, -0.2) is 41.9 Å². The standard InChI is InChI=1S/C13H15F2N3O3/c1-17-4-2-3-8(7-17)16-13(19)9-5-11(15)12(18(20)21)6-10(9)14/h5-6,8H,2-4,7H2,1H3,(H,16,19). The third-order valence-electron chi connectivity index (χ3n) is 3.44. The van der Waals surface area contributed by atoms with E-state index in [1.165, 1.54) is 0 Å². The SMILES string of the molecule is CN1CCCC(NC(=O)c2cc(F)c([N+](=O)[O-])cc2F)C1. The van der Waals surface area contributed by atoms with Crippen molar-refractivity contribution in [3.63, 3.8) is 0 Å². The molecule has 1 aromatic carbocycles. The fourth-order valence-electron chi connectivity index (χ4n) is 2.40. The Kier molecular flexibility index (Phi) is 4.46. The molecular weight excluding hydrogens is 284 g/mol. The number of nitro groups is 1. The van der Waals surface area contributed by atoms with Gasteiger partial charge < -0.3 is 10.2 Å². The summed E-state index contributed by atoms with van der Waals surface area (Å²) in [7, 11) is 1.91. The zero-order valence-electron chi connectivity index (χ0n) is 11.4. The van der Waals surface area contributed by atoms with Crippen molar-refractivity contribution in [1.82, 2.24) is 10.2 Å². The summed E-state index contributed by atoms with van der Waals surface area (Å²) in [5.74, 6) is -3.10. The minimum absolute atomic E-state index is 0.145. The number of rotatable bonds is 3. The fourth-order valence-corrected chi connectivity index (χ4v) is 2.40. The highest BCUT2D eigenvalue weighted by Crippen LogP contribution is 2.21. The lowest BCUT2D eigenvalue weighted by Gasteiger charge is -2.30. The van der Waals surface area contributed by atoms with Gasteiger partial charge in [0.1, 0.15) is 5.82 Å². The maximum absolute atomic E-state index is 13.7. The quantitative estimate of drug-likeness (QED) is 0.681. The zero-order valence-corrected chi connectivity index (χ0v) is 11.4. The Morgan fingerprint density at radius 1 is 1.43 bits per heavy atom. The summed E-state index contributed by atoms with van der Waals surface area (Å²) < 4.78 is 27.2. The normalized spacial score (nSPS) is 19.3. The molecule has 1 fully saturated rings. The molecule has 2 rings (SSSR count). The third kappa shape index (κ3) is 3.52. The first kappa shape index (κ1) is 15.3. The van der Waals surface area contributed by atoms with Crippen molar-refractivity contribution >= 4 is 11.6 Å². The molecule has 1 N–H and O–H groups in total. The summed E-state index contributed by atoms with van der Waals surface area (Å²) in [5, 5.41) is 13.1. The maximum atomic E-state index is 13.7. The predicted molar refractivity (Wildman–Crippen MR) is 71.0 cm³/mol. The minimum Gasteiger partial charge on any atom is -0.348 e. The Balaban J connectivity index is 2.15. The van der Waals surface area contributed by atoms with Gasteiger partial charge in [0.2, 0.25) is 5.82 Å². The molecule has 21 heavy (non-hydrogen) atoms. The number of amides is 1. The van der Waals surface area contributed by atoms with E-state index in [1.807, 2.05) is 11.9 Å². The van der Waals surface area contributed by atoms with Gasteiger partial charge >= 0.3 is 5.69 Å². The zero-order chi connectivity index (χ0) is 15.6. The first-order valence-electron chi connectivity index (χ1n) is 6.51. The summed E-state index contributed by atoms with van der Waals surface area (Å²) in [6.07, 6.45) is 1.66. The van der Waals surface area contributed by atoms with Gasteiger partial charge in [-0.3, -0.25) is 14.9 Å². The van der Waals surface area contributed by atoms with Gasteiger partial charge in [-0.1, -0.05) is 0 Å². The van der Waals surface area contributed by atoms with Gasteiger partial charge in [0.15, 0.2) is 0 Å². The Morgan fingerprint density at radius 2 is 2.14 bits per heavy atom. The molecule has 0 aliphatic carbocycles. The molecule has 0 aromatic heterocycles. The molecule has 0 radical (unpaired) electrons. The summed E-state index contributed by atoms with van der Waals surface area (Å²) in [5.41, 5.74) is -1.51. The van der Waals surface area contributed by atoms with Crippen molar-refractivity contribution in [2.75, 3.05) is 20.1 Å². The fraction of sp³-hybridized carbons (Fsp3) is 0.462. The van der Waals surface area contributed by atoms with E-state index >= 15 is 0 Å². The highest BCUT2D eigenvalue weighted by Gasteiger charge is 2.25. The number of hydrogen-bond acceptors (Lipinski definition) is 4. The number of hydrogen-bond donors (Lipinski definition) is 1. The van der Waals surface area contributed by atoms with E-state index in [-0.39, 0.29) is 6.04 Å². The number of piperidine rings is 1. The predicted octanol–water partition coefficient (Wildman–Crippen LogP) is 1.70. The largest absolute Gasteiger partial charge is 0.348 e. The van der Waals surface area contributed by atoms with E-state index in [0.29, 0.717) is 18.7 Å². The molecule has 1 saturated heterocycles. The van der Waals surface area contributed by atoms with E-state index in [9.17, 15) is 23.7 Å². The van der Waals surface area contributed by atoms with E-state index in [4.69, 9.17) is 0 Å². The second kappa shape index (κ2) is 6.13. The number of likely N-dealkylation sites (tertiary alicyclic amines) is 1. The Hall–Kier alpha value is -2.09. The van der Waals surface area contributed by atoms with E-state index in [2.05, 4.69) is 5.32 Å². The molecule has 1 aliphatic heterocycles.